The molecular weight excluding hydrogens is 680 g/mol. The number of aromatic hydroxyl groups is 4. The third-order valence-electron chi connectivity index (χ3n) is 6.37. The molecule has 6 N–H and O–H groups in total. The van der Waals surface area contributed by atoms with Crippen LogP contribution in [0, 0.1) is 27.7 Å². The van der Waals surface area contributed by atoms with Crippen LogP contribution in [0.25, 0.3) is 0 Å². The number of phenols is 4. The van der Waals surface area contributed by atoms with Crippen molar-refractivity contribution >= 4 is 24.9 Å². The monoisotopic (exact) mass is 722 g/mol. The van der Waals surface area contributed by atoms with E-state index in [2.05, 4.69) is 20.0 Å². The van der Waals surface area contributed by atoms with Gasteiger partial charge >= 0.3 is 0 Å². The van der Waals surface area contributed by atoms with Gasteiger partial charge in [0.05, 0.1) is 26.2 Å². The number of hydrogen-bond acceptors (Lipinski definition) is 8. The van der Waals surface area contributed by atoms with Gasteiger partial charge in [0.2, 0.25) is 0 Å². The second-order valence-corrected chi connectivity index (χ2v) is 10.4. The average Bonchev–Trinajstić information content (AvgIpc) is 2.99. The summed E-state index contributed by atoms with van der Waals surface area (Å²) in [4.78, 5) is 17.0. The average molecular weight is 722 g/mol. The van der Waals surface area contributed by atoms with Crippen LogP contribution in [0.2, 0.25) is 0 Å². The Morgan fingerprint density at radius 3 is 0.787 bits per heavy atom. The van der Waals surface area contributed by atoms with Gasteiger partial charge < -0.3 is 25.9 Å². The molecule has 47 heavy (non-hydrogen) atoms. The van der Waals surface area contributed by atoms with Crippen LogP contribution < -0.4 is 0 Å². The van der Waals surface area contributed by atoms with Crippen LogP contribution in [0.5, 0.6) is 23.0 Å². The molecule has 4 aromatic rings. The second kappa shape index (κ2) is 22.3. The molecule has 0 atom stereocenters. The zero-order chi connectivity index (χ0) is 31.9. The Morgan fingerprint density at radius 1 is 0.404 bits per heavy atom. The topological polar surface area (TPSA) is 162 Å². The van der Waals surface area contributed by atoms with Crippen LogP contribution in [-0.4, -0.2) is 76.9 Å². The molecule has 4 aromatic carbocycles. The Morgan fingerprint density at radius 2 is 0.596 bits per heavy atom. The van der Waals surface area contributed by atoms with Crippen LogP contribution >= 0.6 is 0 Å². The summed E-state index contributed by atoms with van der Waals surface area (Å²) in [5, 5.41) is 38.8. The number of rotatable bonds is 10. The van der Waals surface area contributed by atoms with E-state index >= 15 is 0 Å². The number of aliphatic imine (C=N–C) groups is 4. The zero-order valence-corrected chi connectivity index (χ0v) is 29.1. The van der Waals surface area contributed by atoms with Crippen molar-refractivity contribution in [2.24, 2.45) is 20.0 Å². The van der Waals surface area contributed by atoms with Crippen molar-refractivity contribution in [2.45, 2.75) is 27.7 Å². The number of nitrogens with zero attached hydrogens (tertiary/aromatic N) is 4. The molecule has 0 bridgehead atoms. The minimum Gasteiger partial charge on any atom is -0.507 e. The summed E-state index contributed by atoms with van der Waals surface area (Å²) in [6.45, 7) is 9.97. The molecule has 0 saturated carbocycles. The van der Waals surface area contributed by atoms with Crippen LogP contribution in [0.1, 0.15) is 44.5 Å². The summed E-state index contributed by atoms with van der Waals surface area (Å²) in [6.07, 6.45) is 6.62. The molecule has 0 heterocycles. The predicted octanol–water partition coefficient (Wildman–Crippen LogP) is 5.68. The largest absolute Gasteiger partial charge is 0.507 e. The molecule has 0 aliphatic carbocycles. The van der Waals surface area contributed by atoms with E-state index in [1.807, 2.05) is 76.2 Å². The minimum atomic E-state index is 0. The van der Waals surface area contributed by atoms with Gasteiger partial charge in [-0.15, -0.1) is 0 Å². The van der Waals surface area contributed by atoms with Gasteiger partial charge in [0, 0.05) is 81.2 Å². The van der Waals surface area contributed by atoms with E-state index in [0.717, 1.165) is 22.3 Å². The molecule has 0 unspecified atom stereocenters. The number of benzene rings is 4. The normalized spacial score (nSPS) is 10.8. The number of hydrogen-bond donors (Lipinski definition) is 4. The van der Waals surface area contributed by atoms with Gasteiger partial charge in [-0.25, -0.2) is 0 Å². The van der Waals surface area contributed by atoms with Crippen LogP contribution in [0.15, 0.2) is 92.8 Å². The maximum absolute atomic E-state index is 9.69. The molecule has 0 aliphatic heterocycles. The van der Waals surface area contributed by atoms with Crippen molar-refractivity contribution < 1.29 is 60.0 Å². The van der Waals surface area contributed by atoms with Crippen molar-refractivity contribution in [2.75, 3.05) is 26.2 Å². The molecule has 0 aromatic heterocycles. The molecule has 252 valence electrons. The van der Waals surface area contributed by atoms with Gasteiger partial charge in [-0.2, -0.15) is 0 Å². The van der Waals surface area contributed by atoms with Crippen LogP contribution in [0.4, 0.5) is 0 Å². The Kier molecular flexibility index (Phi) is 20.3. The van der Waals surface area contributed by atoms with Crippen molar-refractivity contribution in [3.8, 4) is 23.0 Å². The third kappa shape index (κ3) is 15.3. The molecule has 11 heteroatoms. The van der Waals surface area contributed by atoms with E-state index in [0.29, 0.717) is 48.4 Å². The first kappa shape index (κ1) is 42.8. The maximum Gasteiger partial charge on any atom is 0.124 e. The summed E-state index contributed by atoms with van der Waals surface area (Å²) >= 11 is 0. The Labute approximate surface area is 297 Å². The van der Waals surface area contributed by atoms with Gasteiger partial charge in [-0.3, -0.25) is 20.0 Å². The first-order valence-electron chi connectivity index (χ1n) is 14.3. The van der Waals surface area contributed by atoms with Gasteiger partial charge in [-0.05, 0) is 76.2 Å². The fraction of sp³-hybridized carbons (Fsp3) is 0.222. The standard InChI is InChI=1S/2C18H20N2O2.2Fe.H2O/c2*1-13-3-5-17(21)15(9-13)11-19-7-8-20-12-16-10-14(2)4-6-18(16)22;;;/h2*3-6,9-12,21-22H,7-8H2,1-2H3;;;1H2. The molecule has 0 amide bonds. The molecule has 9 nitrogen and oxygen atoms in total. The van der Waals surface area contributed by atoms with Crippen molar-refractivity contribution in [3.05, 3.63) is 117 Å². The summed E-state index contributed by atoms with van der Waals surface area (Å²) in [5.74, 6) is 0.898. The summed E-state index contributed by atoms with van der Waals surface area (Å²) in [5.41, 5.74) is 7.14. The fourth-order valence-corrected chi connectivity index (χ4v) is 3.99. The molecule has 0 radical (unpaired) electrons. The van der Waals surface area contributed by atoms with E-state index in [-0.39, 0.29) is 62.6 Å². The maximum atomic E-state index is 9.69. The number of aryl methyl sites for hydroxylation is 4. The predicted molar refractivity (Wildman–Crippen MR) is 185 cm³/mol. The summed E-state index contributed by atoms with van der Waals surface area (Å²) in [6, 6.07) is 21.6. The van der Waals surface area contributed by atoms with Crippen molar-refractivity contribution in [3.63, 3.8) is 0 Å². The van der Waals surface area contributed by atoms with Crippen LogP contribution in [0.3, 0.4) is 0 Å². The van der Waals surface area contributed by atoms with Gasteiger partial charge in [0.15, 0.2) is 0 Å². The smallest absolute Gasteiger partial charge is 0.124 e. The van der Waals surface area contributed by atoms with E-state index in [9.17, 15) is 20.4 Å². The fourth-order valence-electron chi connectivity index (χ4n) is 3.99. The molecule has 4 rings (SSSR count). The van der Waals surface area contributed by atoms with Gasteiger partial charge in [0.25, 0.3) is 0 Å². The zero-order valence-electron chi connectivity index (χ0n) is 26.9. The minimum absolute atomic E-state index is 0. The van der Waals surface area contributed by atoms with Crippen LogP contribution in [-0.2, 0) is 34.1 Å². The second-order valence-electron chi connectivity index (χ2n) is 10.4. The first-order valence-corrected chi connectivity index (χ1v) is 14.3. The van der Waals surface area contributed by atoms with E-state index in [1.54, 1.807) is 49.1 Å². The first-order chi connectivity index (χ1) is 21.1. The molecule has 0 spiro atoms. The Hall–Kier alpha value is -4.24. The molecule has 0 saturated heterocycles. The Bertz CT molecular complexity index is 1430. The summed E-state index contributed by atoms with van der Waals surface area (Å²) in [7, 11) is 0. The van der Waals surface area contributed by atoms with E-state index in [1.165, 1.54) is 0 Å². The molecule has 0 fully saturated rings. The van der Waals surface area contributed by atoms with Crippen molar-refractivity contribution in [1.29, 1.82) is 0 Å². The summed E-state index contributed by atoms with van der Waals surface area (Å²) < 4.78 is 0. The number of phenolic OH excluding ortho intramolecular Hbond substituents is 4. The third-order valence-corrected chi connectivity index (χ3v) is 6.37. The SMILES string of the molecule is Cc1ccc(O)c(C=NCCN=Cc2cc(C)ccc2O)c1.Cc1ccc(O)c(C=NCCN=Cc2cc(C)ccc2O)c1.O.[Fe].[Fe]. The van der Waals surface area contributed by atoms with E-state index in [4.69, 9.17) is 0 Å². The molecule has 0 aliphatic rings. The van der Waals surface area contributed by atoms with E-state index < -0.39 is 0 Å². The van der Waals surface area contributed by atoms with Gasteiger partial charge in [-0.1, -0.05) is 46.5 Å². The Balaban J connectivity index is 0.000000846. The van der Waals surface area contributed by atoms with Crippen molar-refractivity contribution in [1.82, 2.24) is 0 Å². The quantitative estimate of drug-likeness (QED) is 0.0943. The molecular formula is C36H42Fe2N4O5. The van der Waals surface area contributed by atoms with Gasteiger partial charge in [0.1, 0.15) is 23.0 Å².